The van der Waals surface area contributed by atoms with Gasteiger partial charge in [0.2, 0.25) is 0 Å². The van der Waals surface area contributed by atoms with Gasteiger partial charge in [-0.3, -0.25) is 4.79 Å². The van der Waals surface area contributed by atoms with E-state index in [0.29, 0.717) is 13.0 Å². The van der Waals surface area contributed by atoms with E-state index in [-0.39, 0.29) is 5.97 Å². The second-order valence-corrected chi connectivity index (χ2v) is 6.06. The molecule has 0 aromatic heterocycles. The number of halogens is 1. The molecule has 0 aliphatic carbocycles. The predicted octanol–water partition coefficient (Wildman–Crippen LogP) is 3.27. The fraction of sp³-hybridized carbons (Fsp3) is 0.500. The standard InChI is InChI=1S/C14H20BrNO2/c1-14(2,3)18-13(17)7-8-16-10-11-5-4-6-12(15)9-11/h4-6,9,16H,7-8,10H2,1-3H3. The number of nitrogens with one attached hydrogen (secondary N) is 1. The van der Waals surface area contributed by atoms with Gasteiger partial charge in [0.25, 0.3) is 0 Å². The minimum absolute atomic E-state index is 0.163. The molecular formula is C14H20BrNO2. The van der Waals surface area contributed by atoms with Crippen LogP contribution in [0.3, 0.4) is 0 Å². The zero-order valence-corrected chi connectivity index (χ0v) is 12.7. The summed E-state index contributed by atoms with van der Waals surface area (Å²) in [7, 11) is 0. The van der Waals surface area contributed by atoms with Crippen molar-refractivity contribution in [3.63, 3.8) is 0 Å². The summed E-state index contributed by atoms with van der Waals surface area (Å²) in [6.45, 7) is 7.00. The van der Waals surface area contributed by atoms with Crippen LogP contribution in [0.2, 0.25) is 0 Å². The van der Waals surface area contributed by atoms with Gasteiger partial charge < -0.3 is 10.1 Å². The predicted molar refractivity (Wildman–Crippen MR) is 76.3 cm³/mol. The van der Waals surface area contributed by atoms with Crippen molar-refractivity contribution in [3.8, 4) is 0 Å². The first-order valence-corrected chi connectivity index (χ1v) is 6.83. The molecule has 1 aromatic carbocycles. The maximum Gasteiger partial charge on any atom is 0.307 e. The van der Waals surface area contributed by atoms with Crippen molar-refractivity contribution < 1.29 is 9.53 Å². The van der Waals surface area contributed by atoms with Crippen molar-refractivity contribution in [3.05, 3.63) is 34.3 Å². The van der Waals surface area contributed by atoms with E-state index < -0.39 is 5.60 Å². The maximum atomic E-state index is 11.5. The third kappa shape index (κ3) is 6.77. The third-order valence-corrected chi connectivity index (χ3v) is 2.64. The Hall–Kier alpha value is -0.870. The SMILES string of the molecule is CC(C)(C)OC(=O)CCNCc1cccc(Br)c1. The molecule has 1 N–H and O–H groups in total. The van der Waals surface area contributed by atoms with Crippen LogP contribution in [-0.4, -0.2) is 18.1 Å². The molecule has 0 unspecified atom stereocenters. The number of benzene rings is 1. The Morgan fingerprint density at radius 2 is 2.11 bits per heavy atom. The second-order valence-electron chi connectivity index (χ2n) is 5.14. The first kappa shape index (κ1) is 15.2. The first-order valence-electron chi connectivity index (χ1n) is 6.04. The van der Waals surface area contributed by atoms with Crippen LogP contribution < -0.4 is 5.32 Å². The van der Waals surface area contributed by atoms with E-state index in [1.54, 1.807) is 0 Å². The van der Waals surface area contributed by atoms with Gasteiger partial charge in [0, 0.05) is 17.6 Å². The molecule has 0 bridgehead atoms. The van der Waals surface area contributed by atoms with Crippen LogP contribution in [0.5, 0.6) is 0 Å². The quantitative estimate of drug-likeness (QED) is 0.669. The van der Waals surface area contributed by atoms with Crippen molar-refractivity contribution >= 4 is 21.9 Å². The van der Waals surface area contributed by atoms with Gasteiger partial charge in [-0.1, -0.05) is 28.1 Å². The highest BCUT2D eigenvalue weighted by atomic mass is 79.9. The highest BCUT2D eigenvalue weighted by Gasteiger charge is 2.15. The number of esters is 1. The Labute approximate surface area is 117 Å². The average Bonchev–Trinajstić information content (AvgIpc) is 2.22. The van der Waals surface area contributed by atoms with E-state index in [4.69, 9.17) is 4.74 Å². The van der Waals surface area contributed by atoms with Crippen LogP contribution in [0.15, 0.2) is 28.7 Å². The lowest BCUT2D eigenvalue weighted by atomic mass is 10.2. The summed E-state index contributed by atoms with van der Waals surface area (Å²) < 4.78 is 6.29. The van der Waals surface area contributed by atoms with Crippen molar-refractivity contribution in [1.29, 1.82) is 0 Å². The van der Waals surface area contributed by atoms with E-state index in [1.165, 1.54) is 5.56 Å². The van der Waals surface area contributed by atoms with E-state index >= 15 is 0 Å². The molecule has 1 rings (SSSR count). The molecule has 100 valence electrons. The molecule has 0 fully saturated rings. The van der Waals surface area contributed by atoms with Gasteiger partial charge >= 0.3 is 5.97 Å². The van der Waals surface area contributed by atoms with Crippen molar-refractivity contribution in [2.45, 2.75) is 39.3 Å². The summed E-state index contributed by atoms with van der Waals surface area (Å²) in [4.78, 5) is 11.5. The zero-order chi connectivity index (χ0) is 13.6. The Morgan fingerprint density at radius 3 is 2.72 bits per heavy atom. The summed E-state index contributed by atoms with van der Waals surface area (Å²) in [6.07, 6.45) is 0.394. The summed E-state index contributed by atoms with van der Waals surface area (Å²) in [5.41, 5.74) is 0.787. The largest absolute Gasteiger partial charge is 0.460 e. The van der Waals surface area contributed by atoms with Crippen molar-refractivity contribution in [2.75, 3.05) is 6.54 Å². The van der Waals surface area contributed by atoms with Crippen LogP contribution in [-0.2, 0) is 16.1 Å². The fourth-order valence-electron chi connectivity index (χ4n) is 1.46. The van der Waals surface area contributed by atoms with Crippen LogP contribution in [0.1, 0.15) is 32.8 Å². The number of hydrogen-bond donors (Lipinski definition) is 1. The topological polar surface area (TPSA) is 38.3 Å². The number of carbonyl (C=O) groups is 1. The summed E-state index contributed by atoms with van der Waals surface area (Å²) in [6, 6.07) is 8.09. The summed E-state index contributed by atoms with van der Waals surface area (Å²) in [5, 5.41) is 3.22. The molecule has 0 spiro atoms. The van der Waals surface area contributed by atoms with Crippen LogP contribution in [0.25, 0.3) is 0 Å². The Kier molecular flexibility index (Phi) is 5.82. The van der Waals surface area contributed by atoms with Gasteiger partial charge in [-0.25, -0.2) is 0 Å². The third-order valence-electron chi connectivity index (χ3n) is 2.14. The highest BCUT2D eigenvalue weighted by Crippen LogP contribution is 2.11. The van der Waals surface area contributed by atoms with Gasteiger partial charge in [0.15, 0.2) is 0 Å². The molecule has 0 atom stereocenters. The average molecular weight is 314 g/mol. The van der Waals surface area contributed by atoms with Crippen LogP contribution in [0.4, 0.5) is 0 Å². The lowest BCUT2D eigenvalue weighted by Crippen LogP contribution is -2.26. The Morgan fingerprint density at radius 1 is 1.39 bits per heavy atom. The smallest absolute Gasteiger partial charge is 0.307 e. The number of carbonyl (C=O) groups excluding carboxylic acids is 1. The molecular weight excluding hydrogens is 294 g/mol. The highest BCUT2D eigenvalue weighted by molar-refractivity contribution is 9.10. The normalized spacial score (nSPS) is 11.3. The summed E-state index contributed by atoms with van der Waals surface area (Å²) >= 11 is 3.43. The van der Waals surface area contributed by atoms with E-state index in [0.717, 1.165) is 11.0 Å². The second kappa shape index (κ2) is 6.90. The molecule has 0 amide bonds. The Bertz CT molecular complexity index is 399. The van der Waals surface area contributed by atoms with E-state index in [2.05, 4.69) is 27.3 Å². The minimum atomic E-state index is -0.401. The van der Waals surface area contributed by atoms with Gasteiger partial charge in [0.05, 0.1) is 6.42 Å². The lowest BCUT2D eigenvalue weighted by Gasteiger charge is -2.19. The molecule has 18 heavy (non-hydrogen) atoms. The van der Waals surface area contributed by atoms with Crippen LogP contribution >= 0.6 is 15.9 Å². The summed E-state index contributed by atoms with van der Waals surface area (Å²) in [5.74, 6) is -0.163. The van der Waals surface area contributed by atoms with Gasteiger partial charge in [0.1, 0.15) is 5.60 Å². The van der Waals surface area contributed by atoms with Gasteiger partial charge in [-0.05, 0) is 38.5 Å². The van der Waals surface area contributed by atoms with Crippen molar-refractivity contribution in [1.82, 2.24) is 5.32 Å². The molecule has 0 radical (unpaired) electrons. The van der Waals surface area contributed by atoms with Crippen molar-refractivity contribution in [2.24, 2.45) is 0 Å². The van der Waals surface area contributed by atoms with Gasteiger partial charge in [-0.15, -0.1) is 0 Å². The maximum absolute atomic E-state index is 11.5. The minimum Gasteiger partial charge on any atom is -0.460 e. The first-order chi connectivity index (χ1) is 8.37. The molecule has 0 heterocycles. The van der Waals surface area contributed by atoms with E-state index in [9.17, 15) is 4.79 Å². The zero-order valence-electron chi connectivity index (χ0n) is 11.1. The molecule has 3 nitrogen and oxygen atoms in total. The fourth-order valence-corrected chi connectivity index (χ4v) is 1.91. The number of hydrogen-bond acceptors (Lipinski definition) is 3. The molecule has 4 heteroatoms. The van der Waals surface area contributed by atoms with Gasteiger partial charge in [-0.2, -0.15) is 0 Å². The number of rotatable bonds is 5. The Balaban J connectivity index is 2.21. The monoisotopic (exact) mass is 313 g/mol. The molecule has 0 aliphatic rings. The molecule has 0 saturated heterocycles. The van der Waals surface area contributed by atoms with Crippen LogP contribution in [0, 0.1) is 0 Å². The van der Waals surface area contributed by atoms with E-state index in [1.807, 2.05) is 39.0 Å². The number of ether oxygens (including phenoxy) is 1. The lowest BCUT2D eigenvalue weighted by molar-refractivity contribution is -0.154. The molecule has 0 aliphatic heterocycles. The molecule has 1 aromatic rings. The molecule has 0 saturated carbocycles.